The molecule has 5 nitrogen and oxygen atoms in total. The highest BCUT2D eigenvalue weighted by molar-refractivity contribution is 5.68. The van der Waals surface area contributed by atoms with Crippen molar-refractivity contribution < 1.29 is 19.4 Å². The minimum absolute atomic E-state index is 0.0217. The highest BCUT2D eigenvalue weighted by atomic mass is 16.6. The van der Waals surface area contributed by atoms with E-state index in [0.717, 1.165) is 30.6 Å². The number of aryl methyl sites for hydroxylation is 1. The zero-order valence-electron chi connectivity index (χ0n) is 15.5. The molecule has 1 rings (SSSR count). The molecule has 5 heteroatoms. The number of rotatable bonds is 8. The lowest BCUT2D eigenvalue weighted by molar-refractivity contribution is 0.0500. The standard InChI is InChI=1S/C19H31NO4/c1-6-16(20-18(22)24-19(3,4)5)12-11-15-9-7-8-10-17(15)23-14(2)13-21/h7-10,14,16,21H,6,11-13H2,1-5H3,(H,20,22)/t14-,16+/m0/s1. The number of amides is 1. The number of aliphatic hydroxyl groups is 1. The maximum Gasteiger partial charge on any atom is 0.407 e. The van der Waals surface area contributed by atoms with E-state index in [1.807, 2.05) is 58.9 Å². The normalized spacial score (nSPS) is 13.9. The lowest BCUT2D eigenvalue weighted by atomic mass is 10.0. The Hall–Kier alpha value is -1.75. The number of hydrogen-bond donors (Lipinski definition) is 2. The number of ether oxygens (including phenoxy) is 2. The average molecular weight is 337 g/mol. The van der Waals surface area contributed by atoms with Crippen molar-refractivity contribution in [1.82, 2.24) is 5.32 Å². The highest BCUT2D eigenvalue weighted by Crippen LogP contribution is 2.22. The Kier molecular flexibility index (Phi) is 8.05. The van der Waals surface area contributed by atoms with Crippen LogP contribution < -0.4 is 10.1 Å². The lowest BCUT2D eigenvalue weighted by Crippen LogP contribution is -2.39. The van der Waals surface area contributed by atoms with Crippen molar-refractivity contribution in [2.24, 2.45) is 0 Å². The third kappa shape index (κ3) is 7.68. The number of hydrogen-bond acceptors (Lipinski definition) is 4. The molecule has 1 amide bonds. The van der Waals surface area contributed by atoms with Crippen LogP contribution >= 0.6 is 0 Å². The third-order valence-electron chi connectivity index (χ3n) is 3.53. The Morgan fingerprint density at radius 1 is 1.29 bits per heavy atom. The van der Waals surface area contributed by atoms with Crippen LogP contribution in [0.25, 0.3) is 0 Å². The van der Waals surface area contributed by atoms with E-state index in [-0.39, 0.29) is 24.8 Å². The van der Waals surface area contributed by atoms with Crippen molar-refractivity contribution in [2.45, 2.75) is 71.6 Å². The Labute approximate surface area is 145 Å². The molecule has 136 valence electrons. The number of carbonyl (C=O) groups is 1. The first-order valence-electron chi connectivity index (χ1n) is 8.60. The zero-order chi connectivity index (χ0) is 18.2. The first kappa shape index (κ1) is 20.3. The molecule has 0 fully saturated rings. The lowest BCUT2D eigenvalue weighted by Gasteiger charge is -2.23. The van der Waals surface area contributed by atoms with E-state index < -0.39 is 5.60 Å². The van der Waals surface area contributed by atoms with Crippen LogP contribution in [0.2, 0.25) is 0 Å². The summed E-state index contributed by atoms with van der Waals surface area (Å²) in [6.07, 6.45) is 1.78. The van der Waals surface area contributed by atoms with Crippen LogP contribution in [0.1, 0.15) is 53.0 Å². The van der Waals surface area contributed by atoms with Crippen LogP contribution in [-0.2, 0) is 11.2 Å². The first-order chi connectivity index (χ1) is 11.2. The van der Waals surface area contributed by atoms with Gasteiger partial charge in [-0.05, 0) is 58.6 Å². The topological polar surface area (TPSA) is 67.8 Å². The molecule has 1 aromatic rings. The molecule has 0 aliphatic carbocycles. The van der Waals surface area contributed by atoms with Crippen molar-refractivity contribution >= 4 is 6.09 Å². The number of aliphatic hydroxyl groups excluding tert-OH is 1. The van der Waals surface area contributed by atoms with Gasteiger partial charge in [0.2, 0.25) is 0 Å². The molecule has 0 aliphatic rings. The molecule has 0 aliphatic heterocycles. The van der Waals surface area contributed by atoms with Crippen molar-refractivity contribution in [2.75, 3.05) is 6.61 Å². The summed E-state index contributed by atoms with van der Waals surface area (Å²) in [5.74, 6) is 0.783. The van der Waals surface area contributed by atoms with E-state index in [9.17, 15) is 4.79 Å². The van der Waals surface area contributed by atoms with Gasteiger partial charge >= 0.3 is 6.09 Å². The minimum atomic E-state index is -0.497. The van der Waals surface area contributed by atoms with Crippen LogP contribution in [-0.4, -0.2) is 35.6 Å². The van der Waals surface area contributed by atoms with Crippen LogP contribution in [0, 0.1) is 0 Å². The molecule has 0 aromatic heterocycles. The molecule has 0 heterocycles. The highest BCUT2D eigenvalue weighted by Gasteiger charge is 2.19. The molecule has 0 spiro atoms. The third-order valence-corrected chi connectivity index (χ3v) is 3.53. The molecule has 0 saturated carbocycles. The largest absolute Gasteiger partial charge is 0.488 e. The monoisotopic (exact) mass is 337 g/mol. The SMILES string of the molecule is CC[C@H](CCc1ccccc1O[C@@H](C)CO)NC(=O)OC(C)(C)C. The molecule has 0 radical (unpaired) electrons. The van der Waals surface area contributed by atoms with Crippen molar-refractivity contribution in [1.29, 1.82) is 0 Å². The first-order valence-corrected chi connectivity index (χ1v) is 8.60. The van der Waals surface area contributed by atoms with Gasteiger partial charge < -0.3 is 19.9 Å². The van der Waals surface area contributed by atoms with E-state index in [0.29, 0.717) is 0 Å². The number of alkyl carbamates (subject to hydrolysis) is 1. The average Bonchev–Trinajstić information content (AvgIpc) is 2.50. The predicted octanol–water partition coefficient (Wildman–Crippen LogP) is 3.68. The smallest absolute Gasteiger partial charge is 0.407 e. The summed E-state index contributed by atoms with van der Waals surface area (Å²) in [5.41, 5.74) is 0.575. The zero-order valence-corrected chi connectivity index (χ0v) is 15.5. The van der Waals surface area contributed by atoms with Gasteiger partial charge in [0.1, 0.15) is 17.5 Å². The number of nitrogens with one attached hydrogen (secondary N) is 1. The van der Waals surface area contributed by atoms with Gasteiger partial charge in [0, 0.05) is 6.04 Å². The molecule has 2 atom stereocenters. The van der Waals surface area contributed by atoms with Crippen LogP contribution in [0.15, 0.2) is 24.3 Å². The summed E-state index contributed by atoms with van der Waals surface area (Å²) in [7, 11) is 0. The summed E-state index contributed by atoms with van der Waals surface area (Å²) in [6, 6.07) is 7.85. The second kappa shape index (κ2) is 9.52. The van der Waals surface area contributed by atoms with Crippen LogP contribution in [0.3, 0.4) is 0 Å². The Morgan fingerprint density at radius 2 is 1.96 bits per heavy atom. The molecular formula is C19H31NO4. The summed E-state index contributed by atoms with van der Waals surface area (Å²) in [6.45, 7) is 9.40. The molecule has 2 N–H and O–H groups in total. The van der Waals surface area contributed by atoms with E-state index in [1.165, 1.54) is 0 Å². The van der Waals surface area contributed by atoms with Gasteiger partial charge in [0.15, 0.2) is 0 Å². The van der Waals surface area contributed by atoms with Gasteiger partial charge in [-0.2, -0.15) is 0 Å². The maximum absolute atomic E-state index is 11.9. The van der Waals surface area contributed by atoms with E-state index in [1.54, 1.807) is 0 Å². The van der Waals surface area contributed by atoms with Gasteiger partial charge in [-0.3, -0.25) is 0 Å². The molecule has 0 unspecified atom stereocenters. The molecular weight excluding hydrogens is 306 g/mol. The van der Waals surface area contributed by atoms with Gasteiger partial charge in [-0.15, -0.1) is 0 Å². The van der Waals surface area contributed by atoms with E-state index in [4.69, 9.17) is 14.6 Å². The van der Waals surface area contributed by atoms with Crippen LogP contribution in [0.4, 0.5) is 4.79 Å². The second-order valence-corrected chi connectivity index (χ2v) is 7.01. The van der Waals surface area contributed by atoms with Gasteiger partial charge in [-0.1, -0.05) is 25.1 Å². The van der Waals surface area contributed by atoms with E-state index >= 15 is 0 Å². The minimum Gasteiger partial charge on any atom is -0.488 e. The fourth-order valence-electron chi connectivity index (χ4n) is 2.26. The predicted molar refractivity (Wildman–Crippen MR) is 95.4 cm³/mol. The maximum atomic E-state index is 11.9. The fourth-order valence-corrected chi connectivity index (χ4v) is 2.26. The molecule has 0 bridgehead atoms. The summed E-state index contributed by atoms with van der Waals surface area (Å²) >= 11 is 0. The summed E-state index contributed by atoms with van der Waals surface area (Å²) in [5, 5.41) is 12.1. The van der Waals surface area contributed by atoms with E-state index in [2.05, 4.69) is 5.32 Å². The van der Waals surface area contributed by atoms with Crippen molar-refractivity contribution in [3.05, 3.63) is 29.8 Å². The Morgan fingerprint density at radius 3 is 2.54 bits per heavy atom. The molecule has 1 aromatic carbocycles. The van der Waals surface area contributed by atoms with Crippen LogP contribution in [0.5, 0.6) is 5.75 Å². The number of para-hydroxylation sites is 1. The summed E-state index contributed by atoms with van der Waals surface area (Å²) < 4.78 is 11.1. The van der Waals surface area contributed by atoms with Crippen molar-refractivity contribution in [3.63, 3.8) is 0 Å². The second-order valence-electron chi connectivity index (χ2n) is 7.01. The fraction of sp³-hybridized carbons (Fsp3) is 0.632. The Balaban J connectivity index is 2.61. The number of carbonyl (C=O) groups excluding carboxylic acids is 1. The summed E-state index contributed by atoms with van der Waals surface area (Å²) in [4.78, 5) is 11.9. The molecule has 0 saturated heterocycles. The van der Waals surface area contributed by atoms with Gasteiger partial charge in [0.05, 0.1) is 6.61 Å². The van der Waals surface area contributed by atoms with Crippen molar-refractivity contribution in [3.8, 4) is 5.75 Å². The molecule has 24 heavy (non-hydrogen) atoms. The Bertz CT molecular complexity index is 510. The van der Waals surface area contributed by atoms with Gasteiger partial charge in [-0.25, -0.2) is 4.79 Å². The number of benzene rings is 1. The van der Waals surface area contributed by atoms with Gasteiger partial charge in [0.25, 0.3) is 0 Å². The quantitative estimate of drug-likeness (QED) is 0.759.